The molecule has 17 heavy (non-hydrogen) atoms. The fourth-order valence-electron chi connectivity index (χ4n) is 1.63. The molecule has 0 bridgehead atoms. The zero-order chi connectivity index (χ0) is 12.4. The normalized spacial score (nSPS) is 18.9. The molecule has 2 rings (SSSR count). The van der Waals surface area contributed by atoms with Gasteiger partial charge in [0.05, 0.1) is 6.04 Å². The number of hydrogen-bond donors (Lipinski definition) is 1. The van der Waals surface area contributed by atoms with Gasteiger partial charge >= 0.3 is 0 Å². The lowest BCUT2D eigenvalue weighted by Gasteiger charge is -2.18. The second-order valence-electron chi connectivity index (χ2n) is 3.71. The smallest absolute Gasteiger partial charge is 0.186 e. The number of halogens is 2. The number of allylic oxidation sites excluding steroid dienone is 1. The molecule has 5 heteroatoms. The van der Waals surface area contributed by atoms with Crippen LogP contribution in [0.2, 0.25) is 5.02 Å². The second-order valence-corrected chi connectivity index (χ2v) is 5.00. The Labute approximate surface area is 112 Å². The molecule has 0 amide bonds. The molecule has 3 nitrogen and oxygen atoms in total. The maximum absolute atomic E-state index is 12.2. The lowest BCUT2D eigenvalue weighted by atomic mass is 9.98. The zero-order valence-corrected chi connectivity index (χ0v) is 11.1. The maximum atomic E-state index is 12.2. The van der Waals surface area contributed by atoms with Gasteiger partial charge in [0.1, 0.15) is 0 Å². The van der Waals surface area contributed by atoms with Gasteiger partial charge in [0.15, 0.2) is 11.6 Å². The van der Waals surface area contributed by atoms with Crippen LogP contribution in [-0.2, 0) is 4.79 Å². The summed E-state index contributed by atoms with van der Waals surface area (Å²) in [6.45, 7) is 0. The lowest BCUT2D eigenvalue weighted by Crippen LogP contribution is -2.38. The Morgan fingerprint density at radius 2 is 2.24 bits per heavy atom. The summed E-state index contributed by atoms with van der Waals surface area (Å²) in [6.07, 6.45) is 3.11. The second kappa shape index (κ2) is 5.02. The molecule has 0 saturated carbocycles. The Kier molecular flexibility index (Phi) is 3.64. The molecule has 0 spiro atoms. The number of carbonyl (C=O) groups is 2. The van der Waals surface area contributed by atoms with Gasteiger partial charge in [-0.15, -0.1) is 0 Å². The number of nitrogens with one attached hydrogen (secondary N) is 1. The Hall–Kier alpha value is -1.13. The number of hydrogen-bond acceptors (Lipinski definition) is 3. The van der Waals surface area contributed by atoms with Crippen LogP contribution in [0.5, 0.6) is 0 Å². The van der Waals surface area contributed by atoms with Crippen LogP contribution >= 0.6 is 27.5 Å². The third-order valence-electron chi connectivity index (χ3n) is 2.48. The van der Waals surface area contributed by atoms with Crippen LogP contribution in [0.15, 0.2) is 34.9 Å². The summed E-state index contributed by atoms with van der Waals surface area (Å²) in [4.78, 5) is 23.4. The molecular weight excluding hydrogens is 305 g/mol. The molecule has 1 aliphatic rings. The molecule has 1 heterocycles. The van der Waals surface area contributed by atoms with Crippen LogP contribution in [0.25, 0.3) is 0 Å². The largest absolute Gasteiger partial charge is 0.380 e. The van der Waals surface area contributed by atoms with E-state index in [0.29, 0.717) is 15.1 Å². The fourth-order valence-corrected chi connectivity index (χ4v) is 2.24. The van der Waals surface area contributed by atoms with E-state index >= 15 is 0 Å². The number of benzene rings is 1. The van der Waals surface area contributed by atoms with Crippen LogP contribution in [0.1, 0.15) is 16.8 Å². The van der Waals surface area contributed by atoms with Crippen molar-refractivity contribution < 1.29 is 9.59 Å². The number of carbonyl (C=O) groups excluding carboxylic acids is 2. The molecular formula is C12H9BrClNO2. The molecule has 0 aliphatic carbocycles. The molecule has 1 aromatic rings. The van der Waals surface area contributed by atoms with E-state index in [4.69, 9.17) is 11.6 Å². The van der Waals surface area contributed by atoms with Crippen LogP contribution in [0.3, 0.4) is 0 Å². The minimum atomic E-state index is -0.512. The van der Waals surface area contributed by atoms with Crippen molar-refractivity contribution >= 4 is 39.1 Å². The van der Waals surface area contributed by atoms with E-state index in [-0.39, 0.29) is 18.0 Å². The predicted molar refractivity (Wildman–Crippen MR) is 69.2 cm³/mol. The standard InChI is InChI=1S/C12H9BrClNO2/c13-10-2-1-7(14)5-9(10)12(17)11-6-8(16)3-4-15-11/h1-5,11,15H,6H2. The number of rotatable bonds is 2. The van der Waals surface area contributed by atoms with E-state index in [9.17, 15) is 9.59 Å². The Morgan fingerprint density at radius 3 is 2.94 bits per heavy atom. The maximum Gasteiger partial charge on any atom is 0.186 e. The first kappa shape index (κ1) is 12.3. The van der Waals surface area contributed by atoms with Crippen molar-refractivity contribution in [3.63, 3.8) is 0 Å². The first-order valence-corrected chi connectivity index (χ1v) is 6.20. The molecule has 1 N–H and O–H groups in total. The summed E-state index contributed by atoms with van der Waals surface area (Å²) in [5.74, 6) is -0.197. The Bertz CT molecular complexity index is 513. The van der Waals surface area contributed by atoms with E-state index in [1.165, 1.54) is 12.3 Å². The summed E-state index contributed by atoms with van der Waals surface area (Å²) in [6, 6.07) is 4.50. The van der Waals surface area contributed by atoms with Crippen molar-refractivity contribution in [1.29, 1.82) is 0 Å². The molecule has 0 radical (unpaired) electrons. The predicted octanol–water partition coefficient (Wildman–Crippen LogP) is 2.73. The third kappa shape index (κ3) is 2.76. The van der Waals surface area contributed by atoms with Crippen LogP contribution < -0.4 is 5.32 Å². The molecule has 0 saturated heterocycles. The number of ketones is 2. The highest BCUT2D eigenvalue weighted by molar-refractivity contribution is 9.10. The third-order valence-corrected chi connectivity index (χ3v) is 3.41. The molecule has 88 valence electrons. The van der Waals surface area contributed by atoms with Crippen molar-refractivity contribution in [2.24, 2.45) is 0 Å². The van der Waals surface area contributed by atoms with E-state index in [2.05, 4.69) is 21.2 Å². The molecule has 0 aromatic heterocycles. The van der Waals surface area contributed by atoms with Crippen molar-refractivity contribution in [1.82, 2.24) is 5.32 Å². The average Bonchev–Trinajstić information content (AvgIpc) is 2.31. The van der Waals surface area contributed by atoms with Crippen molar-refractivity contribution in [3.8, 4) is 0 Å². The fraction of sp³-hybridized carbons (Fsp3) is 0.167. The van der Waals surface area contributed by atoms with Gasteiger partial charge in [-0.1, -0.05) is 27.5 Å². The van der Waals surface area contributed by atoms with Crippen LogP contribution in [0.4, 0.5) is 0 Å². The topological polar surface area (TPSA) is 46.2 Å². The molecule has 1 aromatic carbocycles. The summed E-state index contributed by atoms with van der Waals surface area (Å²) in [5, 5.41) is 3.37. The van der Waals surface area contributed by atoms with Crippen molar-refractivity contribution in [2.45, 2.75) is 12.5 Å². The van der Waals surface area contributed by atoms with E-state index in [1.54, 1.807) is 18.2 Å². The highest BCUT2D eigenvalue weighted by atomic mass is 79.9. The van der Waals surface area contributed by atoms with E-state index in [0.717, 1.165) is 0 Å². The lowest BCUT2D eigenvalue weighted by molar-refractivity contribution is -0.115. The van der Waals surface area contributed by atoms with Crippen molar-refractivity contribution in [3.05, 3.63) is 45.5 Å². The highest BCUT2D eigenvalue weighted by Crippen LogP contribution is 2.23. The summed E-state index contributed by atoms with van der Waals surface area (Å²) in [5.41, 5.74) is 0.484. The van der Waals surface area contributed by atoms with Crippen LogP contribution in [-0.4, -0.2) is 17.6 Å². The quantitative estimate of drug-likeness (QED) is 0.854. The van der Waals surface area contributed by atoms with Gasteiger partial charge in [0, 0.05) is 27.7 Å². The zero-order valence-electron chi connectivity index (χ0n) is 8.74. The van der Waals surface area contributed by atoms with Gasteiger partial charge in [-0.2, -0.15) is 0 Å². The minimum absolute atomic E-state index is 0.0553. The van der Waals surface area contributed by atoms with E-state index < -0.39 is 6.04 Å². The monoisotopic (exact) mass is 313 g/mol. The van der Waals surface area contributed by atoms with Gasteiger partial charge in [0.25, 0.3) is 0 Å². The van der Waals surface area contributed by atoms with Crippen molar-refractivity contribution in [2.75, 3.05) is 0 Å². The van der Waals surface area contributed by atoms with Gasteiger partial charge in [-0.05, 0) is 24.3 Å². The summed E-state index contributed by atoms with van der Waals surface area (Å²) < 4.78 is 0.677. The first-order chi connectivity index (χ1) is 8.08. The summed E-state index contributed by atoms with van der Waals surface area (Å²) >= 11 is 9.16. The van der Waals surface area contributed by atoms with E-state index in [1.807, 2.05) is 0 Å². The molecule has 1 atom stereocenters. The minimum Gasteiger partial charge on any atom is -0.380 e. The van der Waals surface area contributed by atoms with Crippen LogP contribution in [0, 0.1) is 0 Å². The molecule has 1 unspecified atom stereocenters. The average molecular weight is 315 g/mol. The first-order valence-electron chi connectivity index (χ1n) is 5.02. The SMILES string of the molecule is O=C1C=CNC(C(=O)c2cc(Cl)ccc2Br)C1. The molecule has 1 aliphatic heterocycles. The highest BCUT2D eigenvalue weighted by Gasteiger charge is 2.25. The van der Waals surface area contributed by atoms with Gasteiger partial charge in [-0.3, -0.25) is 9.59 Å². The summed E-state index contributed by atoms with van der Waals surface area (Å²) in [7, 11) is 0. The number of Topliss-reactive ketones (excluding diaryl/α,β-unsaturated/α-hetero) is 1. The Morgan fingerprint density at radius 1 is 1.47 bits per heavy atom. The molecule has 0 fully saturated rings. The Balaban J connectivity index is 2.28. The van der Waals surface area contributed by atoms with Gasteiger partial charge in [-0.25, -0.2) is 0 Å². The van der Waals surface area contributed by atoms with Gasteiger partial charge in [0.2, 0.25) is 0 Å². The van der Waals surface area contributed by atoms with Gasteiger partial charge < -0.3 is 5.32 Å².